The van der Waals surface area contributed by atoms with Gasteiger partial charge in [-0.2, -0.15) is 48.3 Å². The molecule has 0 radical (unpaired) electrons. The smallest absolute Gasteiger partial charge is 0.342 e. The van der Waals surface area contributed by atoms with Crippen molar-refractivity contribution in [2.45, 2.75) is 36.2 Å². The van der Waals surface area contributed by atoms with Crippen LogP contribution in [0.4, 0.5) is 52.7 Å². The van der Waals surface area contributed by atoms with Crippen LogP contribution in [-0.2, 0) is 4.74 Å². The molecule has 0 saturated carbocycles. The molecule has 0 aliphatic heterocycles. The van der Waals surface area contributed by atoms with Crippen molar-refractivity contribution < 1.29 is 57.4 Å². The molecule has 0 aliphatic carbocycles. The van der Waals surface area contributed by atoms with E-state index in [-0.39, 0.29) is 0 Å². The second-order valence-electron chi connectivity index (χ2n) is 3.72. The van der Waals surface area contributed by atoms with E-state index in [0.717, 1.165) is 0 Å². The normalized spacial score (nSPS) is 16.8. The van der Waals surface area contributed by atoms with Gasteiger partial charge < -0.3 is 4.74 Å². The first kappa shape index (κ1) is 21.6. The lowest BCUT2D eigenvalue weighted by Gasteiger charge is -2.37. The minimum Gasteiger partial charge on any atom is -0.342 e. The van der Waals surface area contributed by atoms with E-state index >= 15 is 0 Å². The number of hydrogen-bond acceptors (Lipinski definition) is 1. The molecule has 0 N–H and O–H groups in total. The van der Waals surface area contributed by atoms with Crippen LogP contribution < -0.4 is 0 Å². The first-order chi connectivity index (χ1) is 9.48. The average molecular weight is 425 g/mol. The summed E-state index contributed by atoms with van der Waals surface area (Å²) < 4.78 is 153. The SMILES string of the molecule is FC(OCCBr)C(F)(F)C(F)(F)C(F)(F)C(F)(F)C(F)(F)F. The Kier molecular flexibility index (Phi) is 6.13. The molecule has 0 aliphatic rings. The first-order valence-electron chi connectivity index (χ1n) is 4.88. The first-order valence-corrected chi connectivity index (χ1v) is 6.00. The minimum absolute atomic E-state index is 0.440. The van der Waals surface area contributed by atoms with Crippen molar-refractivity contribution in [3.63, 3.8) is 0 Å². The summed E-state index contributed by atoms with van der Waals surface area (Å²) in [5.41, 5.74) is 0. The van der Waals surface area contributed by atoms with Gasteiger partial charge in [0.2, 0.25) is 0 Å². The molecular formula is C8H5BrF12O. The van der Waals surface area contributed by atoms with Gasteiger partial charge in [-0.15, -0.1) is 0 Å². The van der Waals surface area contributed by atoms with Crippen molar-refractivity contribution in [2.24, 2.45) is 0 Å². The van der Waals surface area contributed by atoms with Crippen LogP contribution in [0, 0.1) is 0 Å². The van der Waals surface area contributed by atoms with Crippen LogP contribution in [0.5, 0.6) is 0 Å². The molecule has 0 heterocycles. The summed E-state index contributed by atoms with van der Waals surface area (Å²) >= 11 is 2.45. The monoisotopic (exact) mass is 424 g/mol. The van der Waals surface area contributed by atoms with Gasteiger partial charge in [-0.25, -0.2) is 4.39 Å². The summed E-state index contributed by atoms with van der Waals surface area (Å²) in [7, 11) is 0. The largest absolute Gasteiger partial charge is 0.460 e. The van der Waals surface area contributed by atoms with Gasteiger partial charge in [0.1, 0.15) is 0 Å². The van der Waals surface area contributed by atoms with E-state index in [1.54, 1.807) is 0 Å². The van der Waals surface area contributed by atoms with Gasteiger partial charge in [0.05, 0.1) is 6.61 Å². The predicted octanol–water partition coefficient (Wildman–Crippen LogP) is 4.80. The van der Waals surface area contributed by atoms with Crippen LogP contribution in [-0.4, -0.2) is 48.2 Å². The summed E-state index contributed by atoms with van der Waals surface area (Å²) in [5.74, 6) is -29.2. The molecular weight excluding hydrogens is 420 g/mol. The molecule has 0 spiro atoms. The van der Waals surface area contributed by atoms with Crippen molar-refractivity contribution in [2.75, 3.05) is 11.9 Å². The van der Waals surface area contributed by atoms with Gasteiger partial charge in [-0.3, -0.25) is 0 Å². The Morgan fingerprint density at radius 2 is 1.14 bits per heavy atom. The third kappa shape index (κ3) is 3.26. The van der Waals surface area contributed by atoms with Gasteiger partial charge in [0, 0.05) is 5.33 Å². The fourth-order valence-corrected chi connectivity index (χ4v) is 1.17. The predicted molar refractivity (Wildman–Crippen MR) is 50.5 cm³/mol. The molecule has 14 heteroatoms. The standard InChI is InChI=1S/C8H5BrF12O/c9-1-2-22-3(10)4(11,12)5(13,14)6(15,16)7(17,18)8(19,20)21/h3H,1-2H2. The second kappa shape index (κ2) is 6.24. The highest BCUT2D eigenvalue weighted by Crippen LogP contribution is 2.58. The maximum absolute atomic E-state index is 12.9. The zero-order valence-corrected chi connectivity index (χ0v) is 11.4. The third-order valence-corrected chi connectivity index (χ3v) is 2.51. The van der Waals surface area contributed by atoms with E-state index in [0.29, 0.717) is 0 Å². The highest BCUT2D eigenvalue weighted by molar-refractivity contribution is 9.09. The highest BCUT2D eigenvalue weighted by Gasteiger charge is 2.88. The number of halogens is 13. The number of hydrogen-bond donors (Lipinski definition) is 0. The molecule has 0 amide bonds. The molecule has 0 aromatic rings. The summed E-state index contributed by atoms with van der Waals surface area (Å²) in [6.07, 6.45) is -11.8. The maximum Gasteiger partial charge on any atom is 0.460 e. The van der Waals surface area contributed by atoms with Gasteiger partial charge in [-0.05, 0) is 0 Å². The summed E-state index contributed by atoms with van der Waals surface area (Å²) in [4.78, 5) is 0. The quantitative estimate of drug-likeness (QED) is 0.421. The number of ether oxygens (including phenoxy) is 1. The Morgan fingerprint density at radius 3 is 1.45 bits per heavy atom. The molecule has 0 saturated heterocycles. The number of alkyl halides is 13. The topological polar surface area (TPSA) is 9.23 Å². The van der Waals surface area contributed by atoms with Crippen LogP contribution in [0.1, 0.15) is 0 Å². The lowest BCUT2D eigenvalue weighted by atomic mass is 9.98. The van der Waals surface area contributed by atoms with E-state index in [1.165, 1.54) is 0 Å². The van der Waals surface area contributed by atoms with E-state index in [1.807, 2.05) is 0 Å². The van der Waals surface area contributed by atoms with E-state index in [4.69, 9.17) is 0 Å². The zero-order valence-electron chi connectivity index (χ0n) is 9.81. The highest BCUT2D eigenvalue weighted by atomic mass is 79.9. The summed E-state index contributed by atoms with van der Waals surface area (Å²) in [6, 6.07) is 0. The Hall–Kier alpha value is -0.400. The van der Waals surface area contributed by atoms with Crippen molar-refractivity contribution in [3.05, 3.63) is 0 Å². The van der Waals surface area contributed by atoms with E-state index < -0.39 is 48.2 Å². The molecule has 0 aromatic carbocycles. The van der Waals surface area contributed by atoms with Crippen LogP contribution in [0.2, 0.25) is 0 Å². The van der Waals surface area contributed by atoms with Crippen molar-refractivity contribution in [1.82, 2.24) is 0 Å². The van der Waals surface area contributed by atoms with Crippen molar-refractivity contribution in [1.29, 1.82) is 0 Å². The van der Waals surface area contributed by atoms with Crippen LogP contribution in [0.25, 0.3) is 0 Å². The Labute approximate surface area is 122 Å². The Morgan fingerprint density at radius 1 is 0.727 bits per heavy atom. The third-order valence-electron chi connectivity index (χ3n) is 2.19. The van der Waals surface area contributed by atoms with Gasteiger partial charge in [0.15, 0.2) is 0 Å². The Bertz CT molecular complexity index is 378. The Balaban J connectivity index is 5.78. The molecule has 0 fully saturated rings. The molecule has 1 unspecified atom stereocenters. The van der Waals surface area contributed by atoms with E-state index in [2.05, 4.69) is 20.7 Å². The van der Waals surface area contributed by atoms with Gasteiger partial charge >= 0.3 is 29.9 Å². The van der Waals surface area contributed by atoms with Gasteiger partial charge in [-0.1, -0.05) is 15.9 Å². The zero-order chi connectivity index (χ0) is 18.2. The number of rotatable bonds is 7. The molecule has 1 atom stereocenters. The van der Waals surface area contributed by atoms with Crippen molar-refractivity contribution in [3.8, 4) is 0 Å². The lowest BCUT2D eigenvalue weighted by Crippen LogP contribution is -2.68. The minimum atomic E-state index is -7.64. The molecule has 1 nitrogen and oxygen atoms in total. The lowest BCUT2D eigenvalue weighted by molar-refractivity contribution is -0.434. The second-order valence-corrected chi connectivity index (χ2v) is 4.51. The summed E-state index contributed by atoms with van der Waals surface area (Å²) in [5, 5.41) is -0.440. The molecule has 134 valence electrons. The fourth-order valence-electron chi connectivity index (χ4n) is 0.980. The fraction of sp³-hybridized carbons (Fsp3) is 1.00. The molecule has 0 rings (SSSR count). The molecule has 0 aromatic heterocycles. The summed E-state index contributed by atoms with van der Waals surface area (Å²) in [6.45, 7) is -1.08. The van der Waals surface area contributed by atoms with Crippen LogP contribution in [0.3, 0.4) is 0 Å². The molecule has 0 bridgehead atoms. The van der Waals surface area contributed by atoms with Crippen LogP contribution >= 0.6 is 15.9 Å². The average Bonchev–Trinajstić information content (AvgIpc) is 2.33. The van der Waals surface area contributed by atoms with Crippen LogP contribution in [0.15, 0.2) is 0 Å². The van der Waals surface area contributed by atoms with E-state index in [9.17, 15) is 52.7 Å². The van der Waals surface area contributed by atoms with Gasteiger partial charge in [0.25, 0.3) is 6.36 Å². The maximum atomic E-state index is 12.9. The molecule has 22 heavy (non-hydrogen) atoms. The van der Waals surface area contributed by atoms with Crippen molar-refractivity contribution >= 4 is 15.9 Å².